The smallest absolute Gasteiger partial charge is 0.0991 e. The van der Waals surface area contributed by atoms with Crippen LogP contribution < -0.4 is 11.1 Å². The fraction of sp³-hybridized carbons (Fsp3) is 0.533. The third-order valence-corrected chi connectivity index (χ3v) is 3.82. The first-order chi connectivity index (χ1) is 8.83. The molecule has 2 rings (SSSR count). The molecule has 0 radical (unpaired) electrons. The van der Waals surface area contributed by atoms with Crippen LogP contribution in [0.25, 0.3) is 0 Å². The highest BCUT2D eigenvalue weighted by Crippen LogP contribution is 2.32. The fourth-order valence-electron chi connectivity index (χ4n) is 2.75. The molecule has 0 saturated heterocycles. The molecule has 0 unspecified atom stereocenters. The first kappa shape index (κ1) is 13.1. The zero-order chi connectivity index (χ0) is 12.8. The Hall–Kier alpha value is -1.37. The number of nitrogens with one attached hydrogen (secondary N) is 1. The van der Waals surface area contributed by atoms with Gasteiger partial charge in [0, 0.05) is 19.1 Å². The number of hydrogen-bond acceptors (Lipinski definition) is 3. The molecule has 1 aromatic rings. The van der Waals surface area contributed by atoms with Crippen LogP contribution in [0.1, 0.15) is 42.7 Å². The summed E-state index contributed by atoms with van der Waals surface area (Å²) in [5.41, 5.74) is 7.63. The predicted molar refractivity (Wildman–Crippen MR) is 73.2 cm³/mol. The zero-order valence-electron chi connectivity index (χ0n) is 10.7. The SMILES string of the molecule is N#Cc1ccc(C2CCC(NCCN)CC2)cc1. The summed E-state index contributed by atoms with van der Waals surface area (Å²) in [5, 5.41) is 12.3. The number of nitrogens with two attached hydrogens (primary N) is 1. The van der Waals surface area contributed by atoms with E-state index in [1.54, 1.807) is 0 Å². The Kier molecular flexibility index (Phi) is 4.74. The Bertz CT molecular complexity index is 397. The van der Waals surface area contributed by atoms with Crippen LogP contribution in [0.3, 0.4) is 0 Å². The molecule has 3 heteroatoms. The van der Waals surface area contributed by atoms with Crippen LogP contribution >= 0.6 is 0 Å². The van der Waals surface area contributed by atoms with E-state index in [1.165, 1.54) is 31.2 Å². The van der Waals surface area contributed by atoms with Crippen LogP contribution in [0.2, 0.25) is 0 Å². The van der Waals surface area contributed by atoms with Gasteiger partial charge in [-0.15, -0.1) is 0 Å². The van der Waals surface area contributed by atoms with Gasteiger partial charge in [-0.3, -0.25) is 0 Å². The average molecular weight is 243 g/mol. The van der Waals surface area contributed by atoms with E-state index in [9.17, 15) is 0 Å². The lowest BCUT2D eigenvalue weighted by Crippen LogP contribution is -2.35. The number of rotatable bonds is 4. The molecule has 0 bridgehead atoms. The van der Waals surface area contributed by atoms with E-state index in [1.807, 2.05) is 12.1 Å². The molecule has 0 spiro atoms. The van der Waals surface area contributed by atoms with Gasteiger partial charge in [-0.2, -0.15) is 5.26 Å². The summed E-state index contributed by atoms with van der Waals surface area (Å²) in [6.45, 7) is 1.64. The molecule has 1 saturated carbocycles. The van der Waals surface area contributed by atoms with Gasteiger partial charge in [0.25, 0.3) is 0 Å². The first-order valence-electron chi connectivity index (χ1n) is 6.77. The summed E-state index contributed by atoms with van der Waals surface area (Å²) in [7, 11) is 0. The molecule has 3 nitrogen and oxygen atoms in total. The van der Waals surface area contributed by atoms with Crippen molar-refractivity contribution < 1.29 is 0 Å². The van der Waals surface area contributed by atoms with E-state index in [-0.39, 0.29) is 0 Å². The molecule has 96 valence electrons. The monoisotopic (exact) mass is 243 g/mol. The predicted octanol–water partition coefficient (Wildman–Crippen LogP) is 2.13. The van der Waals surface area contributed by atoms with Gasteiger partial charge in [-0.05, 0) is 49.3 Å². The molecule has 1 aromatic carbocycles. The first-order valence-corrected chi connectivity index (χ1v) is 6.77. The molecular formula is C15H21N3. The zero-order valence-corrected chi connectivity index (χ0v) is 10.7. The largest absolute Gasteiger partial charge is 0.329 e. The van der Waals surface area contributed by atoms with Crippen LogP contribution in [0.4, 0.5) is 0 Å². The van der Waals surface area contributed by atoms with Crippen molar-refractivity contribution in [2.75, 3.05) is 13.1 Å². The summed E-state index contributed by atoms with van der Waals surface area (Å²) < 4.78 is 0. The van der Waals surface area contributed by atoms with E-state index in [0.717, 1.165) is 18.7 Å². The number of hydrogen-bond donors (Lipinski definition) is 2. The Labute approximate surface area is 109 Å². The second-order valence-electron chi connectivity index (χ2n) is 5.03. The summed E-state index contributed by atoms with van der Waals surface area (Å²) >= 11 is 0. The molecule has 1 fully saturated rings. The van der Waals surface area contributed by atoms with E-state index < -0.39 is 0 Å². The standard InChI is InChI=1S/C15H21N3/c16-9-10-18-15-7-5-14(6-8-15)13-3-1-12(11-17)2-4-13/h1-4,14-15,18H,5-10,16H2. The minimum Gasteiger partial charge on any atom is -0.329 e. The van der Waals surface area contributed by atoms with Crippen molar-refractivity contribution in [2.45, 2.75) is 37.6 Å². The number of nitriles is 1. The van der Waals surface area contributed by atoms with Crippen molar-refractivity contribution in [1.29, 1.82) is 5.26 Å². The maximum atomic E-state index is 8.79. The normalized spacial score (nSPS) is 23.6. The van der Waals surface area contributed by atoms with Crippen molar-refractivity contribution in [3.8, 4) is 6.07 Å². The lowest BCUT2D eigenvalue weighted by atomic mass is 9.81. The minimum absolute atomic E-state index is 0.642. The van der Waals surface area contributed by atoms with E-state index in [0.29, 0.717) is 12.0 Å². The molecule has 1 aliphatic rings. The van der Waals surface area contributed by atoms with Crippen LogP contribution in [0, 0.1) is 11.3 Å². The molecule has 0 aromatic heterocycles. The second kappa shape index (κ2) is 6.53. The van der Waals surface area contributed by atoms with Crippen molar-refractivity contribution >= 4 is 0 Å². The van der Waals surface area contributed by atoms with Gasteiger partial charge in [0.1, 0.15) is 0 Å². The Balaban J connectivity index is 1.87. The molecule has 0 heterocycles. The highest BCUT2D eigenvalue weighted by atomic mass is 14.9. The molecule has 0 aliphatic heterocycles. The summed E-state index contributed by atoms with van der Waals surface area (Å²) in [6, 6.07) is 10.9. The maximum Gasteiger partial charge on any atom is 0.0991 e. The Morgan fingerprint density at radius 2 is 1.83 bits per heavy atom. The van der Waals surface area contributed by atoms with E-state index in [2.05, 4.69) is 23.5 Å². The number of benzene rings is 1. The molecule has 18 heavy (non-hydrogen) atoms. The van der Waals surface area contributed by atoms with Gasteiger partial charge in [0.15, 0.2) is 0 Å². The third kappa shape index (κ3) is 3.32. The third-order valence-electron chi connectivity index (χ3n) is 3.82. The Morgan fingerprint density at radius 3 is 2.39 bits per heavy atom. The van der Waals surface area contributed by atoms with Crippen molar-refractivity contribution in [2.24, 2.45) is 5.73 Å². The molecule has 0 amide bonds. The lowest BCUT2D eigenvalue weighted by Gasteiger charge is -2.29. The molecule has 3 N–H and O–H groups in total. The van der Waals surface area contributed by atoms with Crippen LogP contribution in [-0.2, 0) is 0 Å². The molecule has 1 aliphatic carbocycles. The minimum atomic E-state index is 0.642. The second-order valence-corrected chi connectivity index (χ2v) is 5.03. The average Bonchev–Trinajstić information content (AvgIpc) is 2.46. The van der Waals surface area contributed by atoms with Gasteiger partial charge >= 0.3 is 0 Å². The fourth-order valence-corrected chi connectivity index (χ4v) is 2.75. The van der Waals surface area contributed by atoms with Crippen LogP contribution in [0.5, 0.6) is 0 Å². The molecular weight excluding hydrogens is 222 g/mol. The van der Waals surface area contributed by atoms with Gasteiger partial charge in [0.05, 0.1) is 11.6 Å². The number of nitrogens with zero attached hydrogens (tertiary/aromatic N) is 1. The van der Waals surface area contributed by atoms with Gasteiger partial charge in [-0.25, -0.2) is 0 Å². The van der Waals surface area contributed by atoms with Crippen LogP contribution in [-0.4, -0.2) is 19.1 Å². The lowest BCUT2D eigenvalue weighted by molar-refractivity contribution is 0.345. The summed E-state index contributed by atoms with van der Waals surface area (Å²) in [6.07, 6.45) is 4.91. The van der Waals surface area contributed by atoms with Gasteiger partial charge in [-0.1, -0.05) is 12.1 Å². The van der Waals surface area contributed by atoms with E-state index in [4.69, 9.17) is 11.0 Å². The highest BCUT2D eigenvalue weighted by Gasteiger charge is 2.21. The van der Waals surface area contributed by atoms with Gasteiger partial charge in [0.2, 0.25) is 0 Å². The molecule has 0 atom stereocenters. The highest BCUT2D eigenvalue weighted by molar-refractivity contribution is 5.33. The van der Waals surface area contributed by atoms with Gasteiger partial charge < -0.3 is 11.1 Å². The van der Waals surface area contributed by atoms with E-state index >= 15 is 0 Å². The summed E-state index contributed by atoms with van der Waals surface area (Å²) in [5.74, 6) is 0.661. The maximum absolute atomic E-state index is 8.79. The van der Waals surface area contributed by atoms with Crippen molar-refractivity contribution in [3.63, 3.8) is 0 Å². The topological polar surface area (TPSA) is 61.8 Å². The van der Waals surface area contributed by atoms with Crippen LogP contribution in [0.15, 0.2) is 24.3 Å². The van der Waals surface area contributed by atoms with Crippen molar-refractivity contribution in [1.82, 2.24) is 5.32 Å². The van der Waals surface area contributed by atoms with Crippen molar-refractivity contribution in [3.05, 3.63) is 35.4 Å². The summed E-state index contributed by atoms with van der Waals surface area (Å²) in [4.78, 5) is 0. The quantitative estimate of drug-likeness (QED) is 0.851. The Morgan fingerprint density at radius 1 is 1.17 bits per heavy atom.